The first kappa shape index (κ1) is 23.4. The highest BCUT2D eigenvalue weighted by Crippen LogP contribution is 2.29. The van der Waals surface area contributed by atoms with E-state index < -0.39 is 10.0 Å². The fourth-order valence-electron chi connectivity index (χ4n) is 4.04. The first-order valence-corrected chi connectivity index (χ1v) is 13.4. The second kappa shape index (κ2) is 9.24. The smallest absolute Gasteiger partial charge is 0.324 e. The van der Waals surface area contributed by atoms with Crippen LogP contribution in [0.15, 0.2) is 40.5 Å². The lowest BCUT2D eigenvalue weighted by atomic mass is 9.97. The van der Waals surface area contributed by atoms with Gasteiger partial charge in [-0.15, -0.1) is 11.3 Å². The van der Waals surface area contributed by atoms with Crippen LogP contribution in [0, 0.1) is 13.8 Å². The van der Waals surface area contributed by atoms with Crippen molar-refractivity contribution in [2.24, 2.45) is 0 Å². The predicted molar refractivity (Wildman–Crippen MR) is 129 cm³/mol. The number of piperidine rings is 1. The quantitative estimate of drug-likeness (QED) is 0.573. The lowest BCUT2D eigenvalue weighted by Gasteiger charge is -2.29. The van der Waals surface area contributed by atoms with Gasteiger partial charge in [-0.1, -0.05) is 12.1 Å². The number of benzene rings is 1. The maximum atomic E-state index is 13.2. The van der Waals surface area contributed by atoms with E-state index in [0.29, 0.717) is 37.4 Å². The molecule has 2 aromatic heterocycles. The molecule has 0 aliphatic carbocycles. The summed E-state index contributed by atoms with van der Waals surface area (Å²) in [4.78, 5) is 26.0. The maximum Gasteiger partial charge on any atom is 0.351 e. The van der Waals surface area contributed by atoms with Crippen LogP contribution in [0.5, 0.6) is 0 Å². The minimum absolute atomic E-state index is 0.0823. The number of carbonyl (C=O) groups is 1. The molecule has 1 fully saturated rings. The number of nitrogens with one attached hydrogen (secondary N) is 1. The molecule has 0 saturated carbocycles. The molecular weight excluding hydrogens is 462 g/mol. The van der Waals surface area contributed by atoms with Gasteiger partial charge < -0.3 is 5.32 Å². The molecule has 1 aromatic carbocycles. The van der Waals surface area contributed by atoms with E-state index in [9.17, 15) is 18.0 Å². The summed E-state index contributed by atoms with van der Waals surface area (Å²) in [6, 6.07) is 9.49. The maximum absolute atomic E-state index is 13.2. The first-order valence-electron chi connectivity index (χ1n) is 10.7. The Morgan fingerprint density at radius 1 is 1.21 bits per heavy atom. The van der Waals surface area contributed by atoms with Gasteiger partial charge in [0, 0.05) is 24.7 Å². The third-order valence-corrected chi connectivity index (χ3v) is 8.00. The number of carbonyl (C=O) groups excluding carboxylic acids is 1. The number of rotatable bonds is 6. The third kappa shape index (κ3) is 5.10. The molecular formula is C22H27N5O4S2. The molecule has 1 N–H and O–H groups in total. The molecule has 3 aromatic rings. The highest BCUT2D eigenvalue weighted by Gasteiger charge is 2.31. The zero-order valence-electron chi connectivity index (χ0n) is 18.8. The molecule has 4 rings (SSSR count). The van der Waals surface area contributed by atoms with Crippen molar-refractivity contribution in [1.82, 2.24) is 18.7 Å². The van der Waals surface area contributed by atoms with Gasteiger partial charge in [0.15, 0.2) is 0 Å². The zero-order valence-corrected chi connectivity index (χ0v) is 20.4. The van der Waals surface area contributed by atoms with Crippen molar-refractivity contribution < 1.29 is 13.2 Å². The van der Waals surface area contributed by atoms with Crippen LogP contribution in [0.2, 0.25) is 0 Å². The molecule has 3 heterocycles. The minimum atomic E-state index is -3.25. The topological polar surface area (TPSA) is 106 Å². The van der Waals surface area contributed by atoms with Crippen LogP contribution in [0.1, 0.15) is 35.7 Å². The monoisotopic (exact) mass is 489 g/mol. The van der Waals surface area contributed by atoms with Crippen LogP contribution in [-0.2, 0) is 21.4 Å². The lowest BCUT2D eigenvalue weighted by Crippen LogP contribution is -2.37. The van der Waals surface area contributed by atoms with Crippen LogP contribution in [0.25, 0.3) is 5.00 Å². The second-order valence-electron chi connectivity index (χ2n) is 8.39. The van der Waals surface area contributed by atoms with Gasteiger partial charge in [-0.2, -0.15) is 5.10 Å². The van der Waals surface area contributed by atoms with Crippen LogP contribution >= 0.6 is 11.3 Å². The van der Waals surface area contributed by atoms with Crippen LogP contribution in [-0.4, -0.2) is 52.3 Å². The largest absolute Gasteiger partial charge is 0.351 e. The Kier molecular flexibility index (Phi) is 6.55. The molecule has 9 nitrogen and oxygen atoms in total. The molecule has 0 unspecified atom stereocenters. The Labute approximate surface area is 196 Å². The van der Waals surface area contributed by atoms with Crippen molar-refractivity contribution in [2.75, 3.05) is 24.7 Å². The molecule has 11 heteroatoms. The summed E-state index contributed by atoms with van der Waals surface area (Å²) in [5.41, 5.74) is 2.29. The van der Waals surface area contributed by atoms with Gasteiger partial charge in [-0.3, -0.25) is 4.79 Å². The van der Waals surface area contributed by atoms with Crippen LogP contribution < -0.4 is 11.0 Å². The molecule has 1 saturated heterocycles. The molecule has 0 bridgehead atoms. The van der Waals surface area contributed by atoms with Gasteiger partial charge in [0.05, 0.1) is 6.26 Å². The highest BCUT2D eigenvalue weighted by atomic mass is 32.2. The Bertz CT molecular complexity index is 1320. The summed E-state index contributed by atoms with van der Waals surface area (Å²) in [7, 11) is -3.25. The van der Waals surface area contributed by atoms with Gasteiger partial charge >= 0.3 is 5.69 Å². The molecule has 0 radical (unpaired) electrons. The number of hydrogen-bond donors (Lipinski definition) is 1. The second-order valence-corrected chi connectivity index (χ2v) is 11.3. The van der Waals surface area contributed by atoms with Gasteiger partial charge in [-0.05, 0) is 61.4 Å². The van der Waals surface area contributed by atoms with E-state index in [4.69, 9.17) is 0 Å². The van der Waals surface area contributed by atoms with Crippen molar-refractivity contribution in [2.45, 2.75) is 39.2 Å². The van der Waals surface area contributed by atoms with Gasteiger partial charge in [0.2, 0.25) is 15.9 Å². The first-order chi connectivity index (χ1) is 15.6. The molecule has 33 heavy (non-hydrogen) atoms. The number of anilines is 1. The molecule has 1 aliphatic heterocycles. The predicted octanol–water partition coefficient (Wildman–Crippen LogP) is 2.49. The SMILES string of the molecule is Cc1ccc(C)c(NC(=O)Cn2nc(C3CCN(S(C)(=O)=O)CC3)n(-c3cccs3)c2=O)c1. The van der Waals surface area contributed by atoms with Crippen molar-refractivity contribution in [3.63, 3.8) is 0 Å². The lowest BCUT2D eigenvalue weighted by molar-refractivity contribution is -0.117. The van der Waals surface area contributed by atoms with Crippen molar-refractivity contribution in [3.8, 4) is 5.00 Å². The average Bonchev–Trinajstić information content (AvgIpc) is 3.38. The summed E-state index contributed by atoms with van der Waals surface area (Å²) >= 11 is 1.41. The van der Waals surface area contributed by atoms with E-state index in [1.54, 1.807) is 4.57 Å². The summed E-state index contributed by atoms with van der Waals surface area (Å²) < 4.78 is 27.9. The molecule has 1 amide bonds. The van der Waals surface area contributed by atoms with E-state index in [0.717, 1.165) is 16.1 Å². The van der Waals surface area contributed by atoms with Crippen LogP contribution in [0.4, 0.5) is 5.69 Å². The number of sulfonamides is 1. The Hall–Kier alpha value is -2.76. The number of aryl methyl sites for hydroxylation is 2. The van der Waals surface area contributed by atoms with E-state index in [2.05, 4.69) is 10.4 Å². The average molecular weight is 490 g/mol. The molecule has 176 valence electrons. The minimum Gasteiger partial charge on any atom is -0.324 e. The number of amides is 1. The number of aromatic nitrogens is 3. The number of nitrogens with zero attached hydrogens (tertiary/aromatic N) is 4. The van der Waals surface area contributed by atoms with Gasteiger partial charge in [0.25, 0.3) is 0 Å². The number of thiophene rings is 1. The van der Waals surface area contributed by atoms with E-state index in [-0.39, 0.29) is 24.1 Å². The van der Waals surface area contributed by atoms with Gasteiger partial charge in [-0.25, -0.2) is 26.8 Å². The standard InChI is InChI=1S/C22H27N5O4S2/c1-15-6-7-16(2)18(13-15)23-19(28)14-26-22(29)27(20-5-4-12-32-20)21(24-26)17-8-10-25(11-9-17)33(3,30)31/h4-7,12-13,17H,8-11,14H2,1-3H3,(H,23,28). The molecule has 0 spiro atoms. The Morgan fingerprint density at radius 3 is 2.58 bits per heavy atom. The van der Waals surface area contributed by atoms with Crippen molar-refractivity contribution in [3.05, 3.63) is 63.1 Å². The third-order valence-electron chi connectivity index (χ3n) is 5.84. The summed E-state index contributed by atoms with van der Waals surface area (Å²) in [6.45, 7) is 4.40. The van der Waals surface area contributed by atoms with Crippen molar-refractivity contribution >= 4 is 33.0 Å². The van der Waals surface area contributed by atoms with Crippen molar-refractivity contribution in [1.29, 1.82) is 0 Å². The van der Waals surface area contributed by atoms with E-state index >= 15 is 0 Å². The summed E-state index contributed by atoms with van der Waals surface area (Å²) in [5.74, 6) is 0.149. The molecule has 0 atom stereocenters. The van der Waals surface area contributed by atoms with Crippen LogP contribution in [0.3, 0.4) is 0 Å². The summed E-state index contributed by atoms with van der Waals surface area (Å²) in [5, 5.41) is 10.0. The highest BCUT2D eigenvalue weighted by molar-refractivity contribution is 7.88. The van der Waals surface area contributed by atoms with Gasteiger partial charge in [0.1, 0.15) is 17.4 Å². The normalized spacial score (nSPS) is 15.6. The fraction of sp³-hybridized carbons (Fsp3) is 0.409. The number of hydrogen-bond acceptors (Lipinski definition) is 6. The Morgan fingerprint density at radius 2 is 1.94 bits per heavy atom. The molecule has 1 aliphatic rings. The zero-order chi connectivity index (χ0) is 23.8. The van der Waals surface area contributed by atoms with E-state index in [1.165, 1.54) is 26.6 Å². The summed E-state index contributed by atoms with van der Waals surface area (Å²) in [6.07, 6.45) is 2.32. The Balaban J connectivity index is 1.60. The fourth-order valence-corrected chi connectivity index (χ4v) is 5.64. The van der Waals surface area contributed by atoms with E-state index in [1.807, 2.05) is 49.6 Å².